The van der Waals surface area contributed by atoms with Crippen LogP contribution in [0.5, 0.6) is 5.75 Å². The van der Waals surface area contributed by atoms with Crippen LogP contribution >= 0.6 is 7.37 Å². The second-order valence-corrected chi connectivity index (χ2v) is 6.65. The number of hydrogen-bond donors (Lipinski definition) is 0. The number of hydrogen-bond acceptors (Lipinski definition) is 2. The molecule has 1 aromatic carbocycles. The maximum atomic E-state index is 12.2. The third-order valence-corrected chi connectivity index (χ3v) is 4.97. The first-order chi connectivity index (χ1) is 7.09. The van der Waals surface area contributed by atoms with Crippen LogP contribution in [-0.4, -0.2) is 12.3 Å². The molecule has 1 rings (SSSR count). The molecule has 0 fully saturated rings. The lowest BCUT2D eigenvalue weighted by Gasteiger charge is -2.17. The highest BCUT2D eigenvalue weighted by molar-refractivity contribution is 7.59. The summed E-state index contributed by atoms with van der Waals surface area (Å²) in [6, 6.07) is 7.71. The summed E-state index contributed by atoms with van der Waals surface area (Å²) in [7, 11) is -2.44. The molecule has 0 spiro atoms. The molecule has 2 nitrogen and oxygen atoms in total. The van der Waals surface area contributed by atoms with Crippen LogP contribution in [0.1, 0.15) is 25.8 Å². The topological polar surface area (TPSA) is 26.3 Å². The van der Waals surface area contributed by atoms with Gasteiger partial charge >= 0.3 is 0 Å². The van der Waals surface area contributed by atoms with E-state index in [2.05, 4.69) is 0 Å². The van der Waals surface area contributed by atoms with Crippen molar-refractivity contribution in [1.82, 2.24) is 0 Å². The van der Waals surface area contributed by atoms with Crippen LogP contribution in [0, 0.1) is 6.92 Å². The minimum atomic E-state index is -2.44. The summed E-state index contributed by atoms with van der Waals surface area (Å²) in [6.45, 7) is 5.97. The smallest absolute Gasteiger partial charge is 0.247 e. The third kappa shape index (κ3) is 3.71. The van der Waals surface area contributed by atoms with Crippen molar-refractivity contribution in [3.8, 4) is 5.75 Å². The molecular weight excluding hydrogens is 207 g/mol. The Morgan fingerprint density at radius 3 is 2.27 bits per heavy atom. The van der Waals surface area contributed by atoms with Crippen molar-refractivity contribution < 1.29 is 9.09 Å². The number of benzene rings is 1. The molecule has 1 aromatic rings. The maximum Gasteiger partial charge on any atom is 0.247 e. The Kier molecular flexibility index (Phi) is 4.41. The minimum absolute atomic E-state index is 0.606. The van der Waals surface area contributed by atoms with Gasteiger partial charge in [0.15, 0.2) is 0 Å². The lowest BCUT2D eigenvalue weighted by Crippen LogP contribution is -1.99. The van der Waals surface area contributed by atoms with Crippen molar-refractivity contribution in [2.75, 3.05) is 12.3 Å². The van der Waals surface area contributed by atoms with Gasteiger partial charge in [-0.3, -0.25) is 4.57 Å². The Morgan fingerprint density at radius 2 is 1.80 bits per heavy atom. The van der Waals surface area contributed by atoms with Gasteiger partial charge < -0.3 is 4.52 Å². The lowest BCUT2D eigenvalue weighted by molar-refractivity contribution is 0.481. The Balaban J connectivity index is 2.75. The van der Waals surface area contributed by atoms with Crippen LogP contribution in [0.2, 0.25) is 0 Å². The van der Waals surface area contributed by atoms with E-state index in [0.29, 0.717) is 12.3 Å². The predicted molar refractivity (Wildman–Crippen MR) is 65.1 cm³/mol. The van der Waals surface area contributed by atoms with Gasteiger partial charge in [-0.05, 0) is 25.5 Å². The van der Waals surface area contributed by atoms with E-state index in [0.717, 1.165) is 12.2 Å². The van der Waals surface area contributed by atoms with Gasteiger partial charge in [0, 0.05) is 12.3 Å². The Bertz CT molecular complexity index is 343. The molecule has 0 aromatic heterocycles. The van der Waals surface area contributed by atoms with Gasteiger partial charge in [0.05, 0.1) is 0 Å². The first-order valence-corrected chi connectivity index (χ1v) is 7.43. The predicted octanol–water partition coefficient (Wildman–Crippen LogP) is 4.08. The van der Waals surface area contributed by atoms with Crippen LogP contribution in [0.25, 0.3) is 0 Å². The summed E-state index contributed by atoms with van der Waals surface area (Å²) in [5.74, 6) is 0.722. The monoisotopic (exact) mass is 226 g/mol. The summed E-state index contributed by atoms with van der Waals surface area (Å²) in [6.07, 6.45) is 2.17. The molecule has 0 bridgehead atoms. The standard InChI is InChI=1S/C12H19O2P/c1-4-10-15(13,5-2)14-12-8-6-11(3)7-9-12/h6-9H,4-5,10H2,1-3H3. The summed E-state index contributed by atoms with van der Waals surface area (Å²) in [4.78, 5) is 0. The van der Waals surface area contributed by atoms with Crippen LogP contribution in [0.15, 0.2) is 24.3 Å². The molecule has 0 heterocycles. The van der Waals surface area contributed by atoms with Gasteiger partial charge in [-0.1, -0.05) is 31.5 Å². The first kappa shape index (κ1) is 12.3. The highest BCUT2D eigenvalue weighted by Gasteiger charge is 2.20. The molecule has 3 heteroatoms. The van der Waals surface area contributed by atoms with E-state index < -0.39 is 7.37 Å². The highest BCUT2D eigenvalue weighted by Crippen LogP contribution is 2.47. The maximum absolute atomic E-state index is 12.2. The average Bonchev–Trinajstić information content (AvgIpc) is 2.22. The van der Waals surface area contributed by atoms with Gasteiger partial charge in [0.25, 0.3) is 0 Å². The van der Waals surface area contributed by atoms with E-state index in [-0.39, 0.29) is 0 Å². The Labute approximate surface area is 92.1 Å². The zero-order valence-electron chi connectivity index (χ0n) is 9.69. The molecule has 1 atom stereocenters. The number of rotatable bonds is 5. The average molecular weight is 226 g/mol. The lowest BCUT2D eigenvalue weighted by atomic mass is 10.2. The quantitative estimate of drug-likeness (QED) is 0.707. The molecule has 0 saturated heterocycles. The van der Waals surface area contributed by atoms with Gasteiger partial charge in [-0.15, -0.1) is 0 Å². The van der Waals surface area contributed by atoms with Crippen molar-refractivity contribution in [2.45, 2.75) is 27.2 Å². The summed E-state index contributed by atoms with van der Waals surface area (Å²) in [5.41, 5.74) is 1.18. The molecule has 0 N–H and O–H groups in total. The van der Waals surface area contributed by atoms with Crippen molar-refractivity contribution >= 4 is 7.37 Å². The Hall–Kier alpha value is -0.750. The van der Waals surface area contributed by atoms with E-state index in [1.54, 1.807) is 0 Å². The molecule has 0 radical (unpaired) electrons. The van der Waals surface area contributed by atoms with Gasteiger partial charge in [0.2, 0.25) is 7.37 Å². The first-order valence-electron chi connectivity index (χ1n) is 5.44. The van der Waals surface area contributed by atoms with Crippen LogP contribution in [0.3, 0.4) is 0 Å². The molecule has 1 unspecified atom stereocenters. The third-order valence-electron chi connectivity index (χ3n) is 2.34. The van der Waals surface area contributed by atoms with Crippen molar-refractivity contribution in [3.05, 3.63) is 29.8 Å². The molecule has 84 valence electrons. The summed E-state index contributed by atoms with van der Waals surface area (Å²) < 4.78 is 17.8. The van der Waals surface area contributed by atoms with Gasteiger partial charge in [0.1, 0.15) is 5.75 Å². The SMILES string of the molecule is CCCP(=O)(CC)Oc1ccc(C)cc1. The fourth-order valence-corrected chi connectivity index (χ4v) is 3.12. The molecule has 15 heavy (non-hydrogen) atoms. The van der Waals surface area contributed by atoms with E-state index in [4.69, 9.17) is 4.52 Å². The fourth-order valence-electron chi connectivity index (χ4n) is 1.40. The molecule has 0 aliphatic rings. The van der Waals surface area contributed by atoms with Gasteiger partial charge in [-0.2, -0.15) is 0 Å². The van der Waals surface area contributed by atoms with E-state index >= 15 is 0 Å². The second-order valence-electron chi connectivity index (χ2n) is 3.76. The highest BCUT2D eigenvalue weighted by atomic mass is 31.2. The van der Waals surface area contributed by atoms with Crippen molar-refractivity contribution in [1.29, 1.82) is 0 Å². The zero-order valence-corrected chi connectivity index (χ0v) is 10.6. The van der Waals surface area contributed by atoms with Crippen LogP contribution in [-0.2, 0) is 4.57 Å². The van der Waals surface area contributed by atoms with E-state index in [1.807, 2.05) is 45.0 Å². The van der Waals surface area contributed by atoms with Crippen LogP contribution < -0.4 is 4.52 Å². The van der Waals surface area contributed by atoms with Gasteiger partial charge in [-0.25, -0.2) is 0 Å². The molecule has 0 saturated carbocycles. The van der Waals surface area contributed by atoms with Crippen molar-refractivity contribution in [2.24, 2.45) is 0 Å². The molecule has 0 aliphatic heterocycles. The minimum Gasteiger partial charge on any atom is -0.443 e. The fraction of sp³-hybridized carbons (Fsp3) is 0.500. The summed E-state index contributed by atoms with van der Waals surface area (Å²) in [5, 5.41) is 0. The zero-order chi connectivity index (χ0) is 11.3. The Morgan fingerprint density at radius 1 is 1.20 bits per heavy atom. The largest absolute Gasteiger partial charge is 0.443 e. The molecular formula is C12H19O2P. The molecule has 0 aliphatic carbocycles. The summed E-state index contributed by atoms with van der Waals surface area (Å²) >= 11 is 0. The molecule has 0 amide bonds. The second kappa shape index (κ2) is 5.37. The number of aryl methyl sites for hydroxylation is 1. The normalized spacial score (nSPS) is 14.6. The van der Waals surface area contributed by atoms with Crippen molar-refractivity contribution in [3.63, 3.8) is 0 Å². The van der Waals surface area contributed by atoms with E-state index in [9.17, 15) is 4.57 Å². The van der Waals surface area contributed by atoms with E-state index in [1.165, 1.54) is 5.56 Å². The van der Waals surface area contributed by atoms with Crippen LogP contribution in [0.4, 0.5) is 0 Å².